The van der Waals surface area contributed by atoms with Crippen molar-refractivity contribution in [1.29, 1.82) is 0 Å². The van der Waals surface area contributed by atoms with Crippen LogP contribution in [-0.2, 0) is 10.0 Å². The average Bonchev–Trinajstić information content (AvgIpc) is 3.71. The molecule has 5 aromatic rings. The quantitative estimate of drug-likeness (QED) is 0.0687. The van der Waals surface area contributed by atoms with E-state index in [1.807, 2.05) is 0 Å². The van der Waals surface area contributed by atoms with Crippen LogP contribution in [0.15, 0.2) is 78.0 Å². The number of rotatable bonds is 12. The molecule has 1 spiro atoms. The van der Waals surface area contributed by atoms with Crippen molar-refractivity contribution in [3.8, 4) is 17.2 Å². The van der Waals surface area contributed by atoms with E-state index in [-0.39, 0.29) is 57.9 Å². The molecule has 70 heavy (non-hydrogen) atoms. The van der Waals surface area contributed by atoms with E-state index in [4.69, 9.17) is 9.47 Å². The summed E-state index contributed by atoms with van der Waals surface area (Å²) in [6.07, 6.45) is 8.23. The van der Waals surface area contributed by atoms with Crippen molar-refractivity contribution in [3.63, 3.8) is 0 Å². The number of halogens is 1. The second-order valence-electron chi connectivity index (χ2n) is 20.9. The van der Waals surface area contributed by atoms with Crippen molar-refractivity contribution >= 4 is 44.0 Å². The summed E-state index contributed by atoms with van der Waals surface area (Å²) in [6, 6.07) is 17.7. The molecule has 1 aliphatic carbocycles. The van der Waals surface area contributed by atoms with Crippen molar-refractivity contribution < 1.29 is 37.1 Å². The maximum absolute atomic E-state index is 14.7. The fourth-order valence-corrected chi connectivity index (χ4v) is 12.8. The molecule has 18 heteroatoms. The van der Waals surface area contributed by atoms with Gasteiger partial charge in [-0.1, -0.05) is 45.0 Å². The third kappa shape index (κ3) is 9.42. The molecule has 372 valence electrons. The number of likely N-dealkylation sites (N-methyl/N-ethyl adjacent to an activating group) is 1. The molecule has 3 atom stereocenters. The van der Waals surface area contributed by atoms with Gasteiger partial charge in [0, 0.05) is 74.8 Å². The van der Waals surface area contributed by atoms with Gasteiger partial charge in [-0.05, 0) is 112 Å². The fraction of sp³-hybridized carbons (Fsp3) is 0.500. The number of nitro groups is 1. The molecule has 1 amide bonds. The number of hydrogen-bond acceptors (Lipinski definition) is 13. The Hall–Kier alpha value is -5.82. The minimum absolute atomic E-state index is 0.0164. The summed E-state index contributed by atoms with van der Waals surface area (Å²) in [5, 5.41) is 26.3. The standard InChI is InChI=1S/C52H63FN8O8S/c1-5-58-19-14-44(41(28-58)38-9-7-6-8-37(38)32(2)3)60-30-52(31-60)17-20-59(21-18-52)34-10-11-39(46(22-34)69-35-23-40-42(53)27-55-49(40)54-26-35)50(62)57-70(66,67)36-24-45(61(64)65)48-47(25-36)68-29-43(56-48)33-12-15-51(4,63)16-13-33/h6-11,22-27,32-33,41,43-44,56,63H,5,12-21,28-31H2,1-4H3,(H,54,55)(H,57,62)/t33?,41-,43-,44-,51?/m1/s1. The lowest BCUT2D eigenvalue weighted by atomic mass is 9.69. The van der Waals surface area contributed by atoms with E-state index >= 15 is 0 Å². The molecular formula is C52H63FN8O8S. The van der Waals surface area contributed by atoms with Gasteiger partial charge in [-0.25, -0.2) is 22.5 Å². The van der Waals surface area contributed by atoms with Crippen LogP contribution in [0.1, 0.15) is 106 Å². The van der Waals surface area contributed by atoms with Gasteiger partial charge in [0.2, 0.25) is 0 Å². The zero-order chi connectivity index (χ0) is 49.1. The molecule has 10 rings (SSSR count). The van der Waals surface area contributed by atoms with Crippen LogP contribution in [0.3, 0.4) is 0 Å². The van der Waals surface area contributed by atoms with Gasteiger partial charge in [-0.2, -0.15) is 0 Å². The third-order valence-electron chi connectivity index (χ3n) is 16.0. The third-order valence-corrected chi connectivity index (χ3v) is 17.3. The van der Waals surface area contributed by atoms with Gasteiger partial charge in [0.1, 0.15) is 29.6 Å². The Labute approximate surface area is 408 Å². The van der Waals surface area contributed by atoms with E-state index in [0.29, 0.717) is 49.2 Å². The van der Waals surface area contributed by atoms with Crippen LogP contribution in [0.5, 0.6) is 17.2 Å². The maximum atomic E-state index is 14.7. The van der Waals surface area contributed by atoms with E-state index in [2.05, 4.69) is 79.7 Å². The summed E-state index contributed by atoms with van der Waals surface area (Å²) in [7, 11) is -4.72. The molecule has 0 unspecified atom stereocenters. The monoisotopic (exact) mass is 978 g/mol. The first-order valence-corrected chi connectivity index (χ1v) is 26.2. The summed E-state index contributed by atoms with van der Waals surface area (Å²) in [5.41, 5.74) is 2.84. The lowest BCUT2D eigenvalue weighted by Crippen LogP contribution is -2.65. The highest BCUT2D eigenvalue weighted by molar-refractivity contribution is 7.90. The normalized spacial score (nSPS) is 24.9. The SMILES string of the molecule is CCN1CC[C@@H](N2CC3(CCN(c4ccc(C(=O)NS(=O)(=O)c5cc6c(c([N+](=O)[O-])c5)N[C@@H](C5CCC(C)(O)CC5)CO6)c(Oc5cnc6[nH]cc(F)c6c5)c4)CC3)C2)[C@@H](c2ccccc2C(C)C)C1. The Bertz CT molecular complexity index is 2900. The minimum Gasteiger partial charge on any atom is -0.489 e. The molecule has 4 N–H and O–H groups in total. The van der Waals surface area contributed by atoms with Crippen LogP contribution in [0.4, 0.5) is 21.5 Å². The number of aromatic nitrogens is 2. The number of benzene rings is 3. The molecule has 4 fully saturated rings. The summed E-state index contributed by atoms with van der Waals surface area (Å²) < 4.78 is 57.1. The Morgan fingerprint density at radius 2 is 1.81 bits per heavy atom. The number of aliphatic hydroxyl groups is 1. The largest absolute Gasteiger partial charge is 0.489 e. The number of pyridine rings is 1. The first-order chi connectivity index (χ1) is 33.5. The second-order valence-corrected chi connectivity index (χ2v) is 22.6. The number of aromatic amines is 1. The van der Waals surface area contributed by atoms with Gasteiger partial charge in [-0.3, -0.25) is 19.8 Å². The van der Waals surface area contributed by atoms with Crippen molar-refractivity contribution in [2.45, 2.75) is 107 Å². The number of hydrogen-bond donors (Lipinski definition) is 4. The van der Waals surface area contributed by atoms with Crippen LogP contribution in [0.25, 0.3) is 11.0 Å². The number of piperidine rings is 2. The van der Waals surface area contributed by atoms with E-state index in [1.54, 1.807) is 19.1 Å². The molecule has 1 saturated carbocycles. The summed E-state index contributed by atoms with van der Waals surface area (Å²) >= 11 is 0. The topological polar surface area (TPSA) is 195 Å². The van der Waals surface area contributed by atoms with E-state index in [0.717, 1.165) is 76.8 Å². The first kappa shape index (κ1) is 47.8. The number of nitrogens with zero attached hydrogens (tertiary/aromatic N) is 5. The second kappa shape index (κ2) is 18.7. The van der Waals surface area contributed by atoms with E-state index in [1.165, 1.54) is 41.7 Å². The maximum Gasteiger partial charge on any atom is 0.297 e. The van der Waals surface area contributed by atoms with Crippen molar-refractivity contribution in [2.24, 2.45) is 11.3 Å². The molecule has 5 aliphatic rings. The number of anilines is 2. The fourth-order valence-electron chi connectivity index (χ4n) is 11.8. The summed E-state index contributed by atoms with van der Waals surface area (Å²) in [5.74, 6) is -0.481. The van der Waals surface area contributed by atoms with Crippen molar-refractivity contribution in [1.82, 2.24) is 24.5 Å². The predicted octanol–water partition coefficient (Wildman–Crippen LogP) is 8.54. The predicted molar refractivity (Wildman–Crippen MR) is 265 cm³/mol. The number of likely N-dealkylation sites (tertiary alicyclic amines) is 2. The molecule has 6 heterocycles. The van der Waals surface area contributed by atoms with Crippen molar-refractivity contribution in [2.75, 3.05) is 62.6 Å². The average molecular weight is 979 g/mol. The van der Waals surface area contributed by atoms with Gasteiger partial charge in [-0.15, -0.1) is 0 Å². The zero-order valence-corrected chi connectivity index (χ0v) is 41.1. The number of carbonyl (C=O) groups excluding carboxylic acids is 1. The molecule has 3 aromatic carbocycles. The number of ether oxygens (including phenoxy) is 2. The van der Waals surface area contributed by atoms with E-state index < -0.39 is 42.9 Å². The smallest absolute Gasteiger partial charge is 0.297 e. The van der Waals surface area contributed by atoms with Crippen LogP contribution in [0.2, 0.25) is 0 Å². The van der Waals surface area contributed by atoms with Crippen LogP contribution < -0.4 is 24.4 Å². The number of nitro benzene ring substituents is 1. The van der Waals surface area contributed by atoms with E-state index in [9.17, 15) is 32.8 Å². The summed E-state index contributed by atoms with van der Waals surface area (Å²) in [6.45, 7) is 15.6. The molecule has 0 bridgehead atoms. The molecule has 16 nitrogen and oxygen atoms in total. The van der Waals surface area contributed by atoms with Gasteiger partial charge in [0.15, 0.2) is 11.4 Å². The lowest BCUT2D eigenvalue weighted by molar-refractivity contribution is -0.384. The number of carbonyl (C=O) groups is 1. The molecular weight excluding hydrogens is 916 g/mol. The highest BCUT2D eigenvalue weighted by Gasteiger charge is 2.49. The van der Waals surface area contributed by atoms with Gasteiger partial charge >= 0.3 is 0 Å². The number of fused-ring (bicyclic) bond motifs is 2. The van der Waals surface area contributed by atoms with Gasteiger partial charge < -0.3 is 34.7 Å². The van der Waals surface area contributed by atoms with Crippen molar-refractivity contribution in [3.05, 3.63) is 106 Å². The number of nitrogens with one attached hydrogen (secondary N) is 3. The highest BCUT2D eigenvalue weighted by atomic mass is 32.2. The molecule has 2 aromatic heterocycles. The number of sulfonamides is 1. The Balaban J connectivity index is 0.864. The first-order valence-electron chi connectivity index (χ1n) is 24.7. The lowest BCUT2D eigenvalue weighted by Gasteiger charge is -2.59. The van der Waals surface area contributed by atoms with Gasteiger partial charge in [0.25, 0.3) is 21.6 Å². The van der Waals surface area contributed by atoms with Crippen LogP contribution in [0, 0.1) is 27.3 Å². The Morgan fingerprint density at radius 3 is 2.54 bits per heavy atom. The minimum atomic E-state index is -4.72. The summed E-state index contributed by atoms with van der Waals surface area (Å²) in [4.78, 5) is 39.9. The zero-order valence-electron chi connectivity index (χ0n) is 40.2. The number of H-pyrrole nitrogens is 1. The highest BCUT2D eigenvalue weighted by Crippen LogP contribution is 2.48. The Morgan fingerprint density at radius 1 is 1.06 bits per heavy atom. The Kier molecular flexibility index (Phi) is 12.8. The number of amides is 1. The van der Waals surface area contributed by atoms with Gasteiger partial charge in [0.05, 0.1) is 38.6 Å². The molecule has 0 radical (unpaired) electrons. The molecule has 4 aliphatic heterocycles. The molecule has 3 saturated heterocycles. The van der Waals surface area contributed by atoms with Crippen LogP contribution in [-0.4, -0.2) is 114 Å². The van der Waals surface area contributed by atoms with Crippen LogP contribution >= 0.6 is 0 Å².